The smallest absolute Gasteiger partial charge is 0.243 e. The van der Waals surface area contributed by atoms with Crippen LogP contribution in [0.25, 0.3) is 11.3 Å². The van der Waals surface area contributed by atoms with E-state index in [2.05, 4.69) is 4.72 Å². The van der Waals surface area contributed by atoms with E-state index >= 15 is 0 Å². The van der Waals surface area contributed by atoms with Gasteiger partial charge in [0, 0.05) is 24.3 Å². The second-order valence-corrected chi connectivity index (χ2v) is 7.35. The molecule has 23 heavy (non-hydrogen) atoms. The molecule has 0 unspecified atom stereocenters. The van der Waals surface area contributed by atoms with Crippen LogP contribution < -0.4 is 4.72 Å². The Kier molecular flexibility index (Phi) is 3.96. The van der Waals surface area contributed by atoms with Gasteiger partial charge in [-0.1, -0.05) is 12.5 Å². The number of halogens is 1. The molecule has 1 heterocycles. The molecule has 0 aliphatic heterocycles. The van der Waals surface area contributed by atoms with Crippen molar-refractivity contribution in [2.75, 3.05) is 0 Å². The summed E-state index contributed by atoms with van der Waals surface area (Å²) in [4.78, 5) is -0.345. The fourth-order valence-corrected chi connectivity index (χ4v) is 3.96. The van der Waals surface area contributed by atoms with E-state index in [9.17, 15) is 12.8 Å². The van der Waals surface area contributed by atoms with Gasteiger partial charge in [0.05, 0.1) is 0 Å². The maximum atomic E-state index is 14.3. The molecule has 7 heteroatoms. The second kappa shape index (κ2) is 5.80. The van der Waals surface area contributed by atoms with Gasteiger partial charge in [-0.25, -0.2) is 17.5 Å². The summed E-state index contributed by atoms with van der Waals surface area (Å²) in [5, 5.41) is 8.96. The highest BCUT2D eigenvalue weighted by Gasteiger charge is 2.27. The van der Waals surface area contributed by atoms with Crippen molar-refractivity contribution in [3.63, 3.8) is 0 Å². The van der Waals surface area contributed by atoms with E-state index < -0.39 is 15.8 Å². The van der Waals surface area contributed by atoms with E-state index in [-0.39, 0.29) is 10.9 Å². The molecule has 5 nitrogen and oxygen atoms in total. The monoisotopic (exact) mass is 333 g/mol. The molecule has 0 saturated heterocycles. The summed E-state index contributed by atoms with van der Waals surface area (Å²) in [5.74, 6) is -0.797. The Morgan fingerprint density at radius 2 is 2.04 bits per heavy atom. The zero-order valence-corrected chi connectivity index (χ0v) is 13.4. The fourth-order valence-electron chi connectivity index (χ4n) is 2.60. The first-order chi connectivity index (χ1) is 10.9. The van der Waals surface area contributed by atoms with Crippen molar-refractivity contribution in [2.45, 2.75) is 30.2 Å². The van der Waals surface area contributed by atoms with Gasteiger partial charge in [0.15, 0.2) is 0 Å². The first-order valence-corrected chi connectivity index (χ1v) is 8.79. The zero-order valence-electron chi connectivity index (χ0n) is 12.6. The standard InChI is InChI=1S/C16H16FN3O2S/c1-20-13(10-18)6-7-15(20)11-5-8-16(14(17)9-11)23(21,22)19-12-3-2-4-12/h5-9,12,19H,2-4H2,1H3. The van der Waals surface area contributed by atoms with E-state index in [4.69, 9.17) is 5.26 Å². The Morgan fingerprint density at radius 1 is 1.30 bits per heavy atom. The molecule has 1 fully saturated rings. The van der Waals surface area contributed by atoms with Crippen molar-refractivity contribution in [1.29, 1.82) is 5.26 Å². The van der Waals surface area contributed by atoms with Crippen LogP contribution in [-0.2, 0) is 17.1 Å². The van der Waals surface area contributed by atoms with Crippen LogP contribution >= 0.6 is 0 Å². The Bertz CT molecular complexity index is 893. The van der Waals surface area contributed by atoms with Crippen LogP contribution in [0.4, 0.5) is 4.39 Å². The average Bonchev–Trinajstić information content (AvgIpc) is 2.83. The van der Waals surface area contributed by atoms with Crippen molar-refractivity contribution in [3.8, 4) is 17.3 Å². The molecular weight excluding hydrogens is 317 g/mol. The van der Waals surface area contributed by atoms with E-state index in [1.165, 1.54) is 12.1 Å². The minimum Gasteiger partial charge on any atom is -0.335 e. The lowest BCUT2D eigenvalue weighted by atomic mass is 9.94. The predicted octanol–water partition coefficient (Wildman–Crippen LogP) is 2.53. The third-order valence-corrected chi connectivity index (χ3v) is 5.73. The number of hydrogen-bond acceptors (Lipinski definition) is 3. The number of aromatic nitrogens is 1. The first-order valence-electron chi connectivity index (χ1n) is 7.30. The van der Waals surface area contributed by atoms with Gasteiger partial charge in [0.2, 0.25) is 10.0 Å². The molecular formula is C16H16FN3O2S. The van der Waals surface area contributed by atoms with Crippen LogP contribution in [0.2, 0.25) is 0 Å². The highest BCUT2D eigenvalue weighted by Crippen LogP contribution is 2.27. The van der Waals surface area contributed by atoms with Gasteiger partial charge in [-0.15, -0.1) is 0 Å². The van der Waals surface area contributed by atoms with Gasteiger partial charge in [-0.2, -0.15) is 5.26 Å². The summed E-state index contributed by atoms with van der Waals surface area (Å²) in [6.07, 6.45) is 2.57. The number of benzene rings is 1. The van der Waals surface area contributed by atoms with Gasteiger partial charge in [0.1, 0.15) is 22.5 Å². The highest BCUT2D eigenvalue weighted by molar-refractivity contribution is 7.89. The molecule has 120 valence electrons. The van der Waals surface area contributed by atoms with Crippen molar-refractivity contribution in [1.82, 2.24) is 9.29 Å². The summed E-state index contributed by atoms with van der Waals surface area (Å²) >= 11 is 0. The largest absolute Gasteiger partial charge is 0.335 e. The van der Waals surface area contributed by atoms with Crippen LogP contribution in [0, 0.1) is 17.1 Å². The summed E-state index contributed by atoms with van der Waals surface area (Å²) in [7, 11) is -2.14. The molecule has 1 aromatic carbocycles. The number of hydrogen-bond donors (Lipinski definition) is 1. The van der Waals surface area contributed by atoms with Crippen molar-refractivity contribution < 1.29 is 12.8 Å². The average molecular weight is 333 g/mol. The summed E-state index contributed by atoms with van der Waals surface area (Å²) in [6, 6.07) is 9.28. The molecule has 0 radical (unpaired) electrons. The maximum Gasteiger partial charge on any atom is 0.243 e. The van der Waals surface area contributed by atoms with E-state index in [1.807, 2.05) is 6.07 Å². The Balaban J connectivity index is 1.94. The predicted molar refractivity (Wildman–Crippen MR) is 83.5 cm³/mol. The quantitative estimate of drug-likeness (QED) is 0.934. The van der Waals surface area contributed by atoms with Crippen LogP contribution in [-0.4, -0.2) is 19.0 Å². The topological polar surface area (TPSA) is 74.9 Å². The SMILES string of the molecule is Cn1c(C#N)ccc1-c1ccc(S(=O)(=O)NC2CCC2)c(F)c1. The molecule has 0 atom stereocenters. The maximum absolute atomic E-state index is 14.3. The summed E-state index contributed by atoms with van der Waals surface area (Å²) < 4.78 is 42.9. The number of sulfonamides is 1. The normalized spacial score (nSPS) is 15.2. The van der Waals surface area contributed by atoms with Crippen LogP contribution in [0.5, 0.6) is 0 Å². The number of nitriles is 1. The Hall–Kier alpha value is -2.17. The van der Waals surface area contributed by atoms with Gasteiger partial charge in [0.25, 0.3) is 0 Å². The lowest BCUT2D eigenvalue weighted by molar-refractivity contribution is 0.383. The molecule has 0 amide bonds. The highest BCUT2D eigenvalue weighted by atomic mass is 32.2. The second-order valence-electron chi connectivity index (χ2n) is 5.67. The first kappa shape index (κ1) is 15.7. The van der Waals surface area contributed by atoms with E-state index in [0.29, 0.717) is 17.0 Å². The third-order valence-electron chi connectivity index (χ3n) is 4.18. The molecule has 1 aliphatic rings. The van der Waals surface area contributed by atoms with Crippen LogP contribution in [0.1, 0.15) is 25.0 Å². The summed E-state index contributed by atoms with van der Waals surface area (Å²) in [6.45, 7) is 0. The van der Waals surface area contributed by atoms with Gasteiger partial charge >= 0.3 is 0 Å². The minimum absolute atomic E-state index is 0.0925. The molecule has 0 bridgehead atoms. The van der Waals surface area contributed by atoms with Gasteiger partial charge in [-0.05, 0) is 37.1 Å². The molecule has 1 aromatic heterocycles. The molecule has 1 N–H and O–H groups in total. The van der Waals surface area contributed by atoms with Crippen molar-refractivity contribution in [3.05, 3.63) is 41.8 Å². The van der Waals surface area contributed by atoms with E-state index in [1.54, 1.807) is 29.8 Å². The van der Waals surface area contributed by atoms with Gasteiger partial charge < -0.3 is 4.57 Å². The van der Waals surface area contributed by atoms with Crippen molar-refractivity contribution >= 4 is 10.0 Å². The zero-order chi connectivity index (χ0) is 16.6. The number of rotatable bonds is 4. The lowest BCUT2D eigenvalue weighted by Crippen LogP contribution is -2.39. The molecule has 2 aromatic rings. The summed E-state index contributed by atoms with van der Waals surface area (Å²) in [5.41, 5.74) is 1.62. The van der Waals surface area contributed by atoms with Gasteiger partial charge in [-0.3, -0.25) is 0 Å². The van der Waals surface area contributed by atoms with Crippen LogP contribution in [0.3, 0.4) is 0 Å². The van der Waals surface area contributed by atoms with Crippen molar-refractivity contribution in [2.24, 2.45) is 7.05 Å². The number of nitrogens with zero attached hydrogens (tertiary/aromatic N) is 2. The lowest BCUT2D eigenvalue weighted by Gasteiger charge is -2.26. The number of nitrogens with one attached hydrogen (secondary N) is 1. The Labute approximate surface area is 134 Å². The molecule has 0 spiro atoms. The minimum atomic E-state index is -3.84. The van der Waals surface area contributed by atoms with E-state index in [0.717, 1.165) is 19.3 Å². The fraction of sp³-hybridized carbons (Fsp3) is 0.312. The molecule has 1 saturated carbocycles. The molecule has 3 rings (SSSR count). The van der Waals surface area contributed by atoms with Crippen LogP contribution in [0.15, 0.2) is 35.2 Å². The molecule has 1 aliphatic carbocycles. The third kappa shape index (κ3) is 2.87. The Morgan fingerprint density at radius 3 is 2.57 bits per heavy atom.